The van der Waals surface area contributed by atoms with Crippen LogP contribution in [0.1, 0.15) is 36.6 Å². The summed E-state index contributed by atoms with van der Waals surface area (Å²) in [4.78, 5) is 15.3. The Morgan fingerprint density at radius 1 is 0.829 bits per heavy atom. The van der Waals surface area contributed by atoms with Crippen LogP contribution in [0.25, 0.3) is 0 Å². The fraction of sp³-hybridized carbons (Fsp3) is 0.345. The first-order valence-corrected chi connectivity index (χ1v) is 11.9. The SMILES string of the molecule is COc1ccc(C(c2ccc(OC)cc2)N2C(=O)[C@H]([C@@H](C)O)[C@H]2[C@H](C)OCc2ccccc2)cc1. The molecule has 35 heavy (non-hydrogen) atoms. The van der Waals surface area contributed by atoms with Crippen LogP contribution in [-0.2, 0) is 16.1 Å². The number of benzene rings is 3. The first-order valence-electron chi connectivity index (χ1n) is 11.9. The number of rotatable bonds is 10. The second-order valence-corrected chi connectivity index (χ2v) is 8.95. The highest BCUT2D eigenvalue weighted by atomic mass is 16.5. The normalized spacial score (nSPS) is 19.3. The van der Waals surface area contributed by atoms with E-state index in [1.54, 1.807) is 21.1 Å². The lowest BCUT2D eigenvalue weighted by molar-refractivity contribution is -0.181. The van der Waals surface area contributed by atoms with Gasteiger partial charge in [-0.1, -0.05) is 54.6 Å². The van der Waals surface area contributed by atoms with E-state index in [0.717, 1.165) is 28.2 Å². The average molecular weight is 476 g/mol. The summed E-state index contributed by atoms with van der Waals surface area (Å²) >= 11 is 0. The van der Waals surface area contributed by atoms with Crippen LogP contribution in [0.2, 0.25) is 0 Å². The summed E-state index contributed by atoms with van der Waals surface area (Å²) in [5.74, 6) is 0.877. The molecule has 184 valence electrons. The molecule has 1 saturated heterocycles. The molecule has 3 aromatic carbocycles. The molecule has 1 aliphatic rings. The van der Waals surface area contributed by atoms with Gasteiger partial charge in [-0.2, -0.15) is 0 Å². The molecule has 1 amide bonds. The standard InChI is InChI=1S/C29H33NO5/c1-19(31)26-27(20(2)35-18-21-8-6-5-7-9-21)30(29(26)32)28(22-10-14-24(33-3)15-11-22)23-12-16-25(34-4)17-13-23/h5-17,19-20,26-28,31H,18H2,1-4H3/t19-,20+,26-,27-/m1/s1. The van der Waals surface area contributed by atoms with E-state index in [0.29, 0.717) is 6.61 Å². The summed E-state index contributed by atoms with van der Waals surface area (Å²) in [7, 11) is 3.26. The van der Waals surface area contributed by atoms with E-state index in [-0.39, 0.29) is 24.1 Å². The summed E-state index contributed by atoms with van der Waals surface area (Å²) in [6, 6.07) is 24.8. The van der Waals surface area contributed by atoms with Crippen LogP contribution in [0.5, 0.6) is 11.5 Å². The minimum Gasteiger partial charge on any atom is -0.497 e. The predicted octanol–water partition coefficient (Wildman–Crippen LogP) is 4.61. The van der Waals surface area contributed by atoms with Gasteiger partial charge in [0, 0.05) is 0 Å². The zero-order chi connectivity index (χ0) is 24.9. The lowest BCUT2D eigenvalue weighted by Gasteiger charge is -2.54. The molecule has 6 nitrogen and oxygen atoms in total. The topological polar surface area (TPSA) is 68.2 Å². The van der Waals surface area contributed by atoms with Gasteiger partial charge in [0.2, 0.25) is 5.91 Å². The molecule has 0 unspecified atom stereocenters. The molecule has 1 heterocycles. The van der Waals surface area contributed by atoms with Crippen molar-refractivity contribution in [3.05, 3.63) is 95.6 Å². The van der Waals surface area contributed by atoms with Crippen molar-refractivity contribution in [2.24, 2.45) is 5.92 Å². The maximum Gasteiger partial charge on any atom is 0.231 e. The molecule has 1 aliphatic heterocycles. The highest BCUT2D eigenvalue weighted by Gasteiger charge is 2.55. The Hall–Kier alpha value is -3.35. The number of carbonyl (C=O) groups is 1. The Kier molecular flexibility index (Phi) is 7.73. The van der Waals surface area contributed by atoms with Gasteiger partial charge in [0.05, 0.1) is 51.0 Å². The van der Waals surface area contributed by atoms with Gasteiger partial charge in [-0.15, -0.1) is 0 Å². The van der Waals surface area contributed by atoms with Crippen LogP contribution in [0.15, 0.2) is 78.9 Å². The van der Waals surface area contributed by atoms with Crippen molar-refractivity contribution in [1.82, 2.24) is 4.90 Å². The molecule has 1 N–H and O–H groups in total. The second kappa shape index (κ2) is 10.9. The fourth-order valence-electron chi connectivity index (χ4n) is 4.85. The van der Waals surface area contributed by atoms with Crippen LogP contribution in [0, 0.1) is 5.92 Å². The molecule has 0 radical (unpaired) electrons. The van der Waals surface area contributed by atoms with E-state index in [2.05, 4.69) is 0 Å². The van der Waals surface area contributed by atoms with E-state index in [4.69, 9.17) is 14.2 Å². The third-order valence-electron chi connectivity index (χ3n) is 6.73. The highest BCUT2D eigenvalue weighted by molar-refractivity contribution is 5.88. The Balaban J connectivity index is 1.68. The number of methoxy groups -OCH3 is 2. The summed E-state index contributed by atoms with van der Waals surface area (Å²) in [5, 5.41) is 10.5. The minimum absolute atomic E-state index is 0.0863. The van der Waals surface area contributed by atoms with E-state index in [9.17, 15) is 9.90 Å². The second-order valence-electron chi connectivity index (χ2n) is 8.95. The third kappa shape index (κ3) is 5.19. The van der Waals surface area contributed by atoms with E-state index < -0.39 is 12.0 Å². The first-order chi connectivity index (χ1) is 16.9. The van der Waals surface area contributed by atoms with Crippen LogP contribution in [-0.4, -0.2) is 48.4 Å². The Labute approximate surface area is 207 Å². The molecule has 3 aromatic rings. The Morgan fingerprint density at radius 2 is 1.34 bits per heavy atom. The summed E-state index contributed by atoms with van der Waals surface area (Å²) in [6.07, 6.45) is -1.06. The summed E-state index contributed by atoms with van der Waals surface area (Å²) in [5.41, 5.74) is 2.97. The van der Waals surface area contributed by atoms with Gasteiger partial charge in [0.1, 0.15) is 11.5 Å². The number of ether oxygens (including phenoxy) is 3. The lowest BCUT2D eigenvalue weighted by atomic mass is 9.77. The van der Waals surface area contributed by atoms with Gasteiger partial charge < -0.3 is 24.2 Å². The average Bonchev–Trinajstić information content (AvgIpc) is 2.89. The molecule has 4 atom stereocenters. The number of nitrogens with zero attached hydrogens (tertiary/aromatic N) is 1. The van der Waals surface area contributed by atoms with Gasteiger partial charge >= 0.3 is 0 Å². The molecular weight excluding hydrogens is 442 g/mol. The monoisotopic (exact) mass is 475 g/mol. The van der Waals surface area contributed by atoms with Crippen LogP contribution in [0.4, 0.5) is 0 Å². The summed E-state index contributed by atoms with van der Waals surface area (Å²) in [6.45, 7) is 4.08. The molecule has 1 fully saturated rings. The van der Waals surface area contributed by atoms with E-state index in [1.165, 1.54) is 0 Å². The van der Waals surface area contributed by atoms with Gasteiger partial charge in [0.25, 0.3) is 0 Å². The molecule has 4 rings (SSSR count). The number of β-lactam (4-membered cyclic amide) rings is 1. The molecule has 0 spiro atoms. The van der Waals surface area contributed by atoms with Gasteiger partial charge in [-0.3, -0.25) is 4.79 Å². The van der Waals surface area contributed by atoms with Crippen LogP contribution in [0.3, 0.4) is 0 Å². The van der Waals surface area contributed by atoms with Crippen LogP contribution >= 0.6 is 0 Å². The van der Waals surface area contributed by atoms with Crippen molar-refractivity contribution in [2.75, 3.05) is 14.2 Å². The van der Waals surface area contributed by atoms with Crippen molar-refractivity contribution in [3.63, 3.8) is 0 Å². The zero-order valence-corrected chi connectivity index (χ0v) is 20.6. The number of carbonyl (C=O) groups excluding carboxylic acids is 1. The van der Waals surface area contributed by atoms with Gasteiger partial charge in [-0.05, 0) is 54.8 Å². The van der Waals surface area contributed by atoms with Crippen LogP contribution < -0.4 is 9.47 Å². The molecule has 6 heteroatoms. The van der Waals surface area contributed by atoms with Gasteiger partial charge in [-0.25, -0.2) is 0 Å². The number of aliphatic hydroxyl groups excluding tert-OH is 1. The molecule has 0 saturated carbocycles. The fourth-order valence-corrected chi connectivity index (χ4v) is 4.85. The lowest BCUT2D eigenvalue weighted by Crippen LogP contribution is -2.68. The van der Waals surface area contributed by atoms with Crippen molar-refractivity contribution >= 4 is 5.91 Å². The van der Waals surface area contributed by atoms with E-state index in [1.807, 2.05) is 90.7 Å². The van der Waals surface area contributed by atoms with Crippen molar-refractivity contribution in [2.45, 2.75) is 44.7 Å². The molecule has 0 aliphatic carbocycles. The first kappa shape index (κ1) is 24.8. The maximum atomic E-state index is 13.5. The maximum absolute atomic E-state index is 13.5. The van der Waals surface area contributed by atoms with E-state index >= 15 is 0 Å². The third-order valence-corrected chi connectivity index (χ3v) is 6.73. The van der Waals surface area contributed by atoms with Crippen molar-refractivity contribution < 1.29 is 24.1 Å². The zero-order valence-electron chi connectivity index (χ0n) is 20.6. The number of hydrogen-bond acceptors (Lipinski definition) is 5. The highest BCUT2D eigenvalue weighted by Crippen LogP contribution is 2.43. The minimum atomic E-state index is -0.779. The smallest absolute Gasteiger partial charge is 0.231 e. The number of amides is 1. The number of aliphatic hydroxyl groups is 1. The summed E-state index contributed by atoms with van der Waals surface area (Å²) < 4.78 is 16.9. The van der Waals surface area contributed by atoms with Gasteiger partial charge in [0.15, 0.2) is 0 Å². The predicted molar refractivity (Wildman–Crippen MR) is 134 cm³/mol. The molecular formula is C29H33NO5. The number of hydrogen-bond donors (Lipinski definition) is 1. The quantitative estimate of drug-likeness (QED) is 0.434. The van der Waals surface area contributed by atoms with Crippen molar-refractivity contribution in [3.8, 4) is 11.5 Å². The Morgan fingerprint density at radius 3 is 1.80 bits per heavy atom. The Bertz CT molecular complexity index is 1050. The largest absolute Gasteiger partial charge is 0.497 e. The molecule has 0 aromatic heterocycles. The van der Waals surface area contributed by atoms with Crippen molar-refractivity contribution in [1.29, 1.82) is 0 Å². The molecule has 0 bridgehead atoms. The number of likely N-dealkylation sites (tertiary alicyclic amines) is 1.